The highest BCUT2D eigenvalue weighted by molar-refractivity contribution is 5.75. The van der Waals surface area contributed by atoms with Gasteiger partial charge in [-0.1, -0.05) is 0 Å². The predicted octanol–water partition coefficient (Wildman–Crippen LogP) is 0.407. The first-order valence-corrected chi connectivity index (χ1v) is 5.10. The zero-order valence-corrected chi connectivity index (χ0v) is 9.17. The molecule has 1 rings (SSSR count). The molecule has 4 nitrogen and oxygen atoms in total. The molecule has 1 aliphatic heterocycles. The molecule has 1 saturated heterocycles. The normalized spacial score (nSPS) is 38.2. The lowest BCUT2D eigenvalue weighted by Gasteiger charge is -2.42. The van der Waals surface area contributed by atoms with Gasteiger partial charge >= 0.3 is 0 Å². The standard InChI is InChI=1S/C10H20N2O2/c1-7-4-10(12-3,6-9(11)13)5-8(2)14-7/h7-8,12H,4-6H2,1-3H3,(H2,11,13). The number of hydrogen-bond donors (Lipinski definition) is 2. The number of nitrogens with one attached hydrogen (secondary N) is 1. The van der Waals surface area contributed by atoms with Gasteiger partial charge in [-0.05, 0) is 33.7 Å². The van der Waals surface area contributed by atoms with Crippen LogP contribution in [0.25, 0.3) is 0 Å². The third kappa shape index (κ3) is 2.69. The summed E-state index contributed by atoms with van der Waals surface area (Å²) < 4.78 is 5.63. The summed E-state index contributed by atoms with van der Waals surface area (Å²) in [4.78, 5) is 11.0. The van der Waals surface area contributed by atoms with Gasteiger partial charge in [-0.25, -0.2) is 0 Å². The Morgan fingerprint density at radius 3 is 2.36 bits per heavy atom. The van der Waals surface area contributed by atoms with Crippen LogP contribution in [-0.4, -0.2) is 30.7 Å². The van der Waals surface area contributed by atoms with Gasteiger partial charge < -0.3 is 15.8 Å². The van der Waals surface area contributed by atoms with Gasteiger partial charge in [0.15, 0.2) is 0 Å². The summed E-state index contributed by atoms with van der Waals surface area (Å²) in [7, 11) is 1.88. The molecule has 2 atom stereocenters. The maximum atomic E-state index is 11.0. The van der Waals surface area contributed by atoms with Crippen molar-refractivity contribution >= 4 is 5.91 Å². The molecule has 0 saturated carbocycles. The smallest absolute Gasteiger partial charge is 0.219 e. The van der Waals surface area contributed by atoms with Crippen LogP contribution in [-0.2, 0) is 9.53 Å². The maximum Gasteiger partial charge on any atom is 0.219 e. The Morgan fingerprint density at radius 2 is 2.00 bits per heavy atom. The van der Waals surface area contributed by atoms with Crippen molar-refractivity contribution in [3.05, 3.63) is 0 Å². The first kappa shape index (κ1) is 11.5. The van der Waals surface area contributed by atoms with Crippen LogP contribution in [0.15, 0.2) is 0 Å². The lowest BCUT2D eigenvalue weighted by Crippen LogP contribution is -2.53. The molecule has 1 amide bonds. The van der Waals surface area contributed by atoms with Gasteiger partial charge in [0.05, 0.1) is 12.2 Å². The maximum absolute atomic E-state index is 11.0. The fourth-order valence-corrected chi connectivity index (χ4v) is 2.45. The number of carbonyl (C=O) groups excluding carboxylic acids is 1. The monoisotopic (exact) mass is 200 g/mol. The van der Waals surface area contributed by atoms with Gasteiger partial charge in [0.25, 0.3) is 0 Å². The van der Waals surface area contributed by atoms with Crippen molar-refractivity contribution in [2.24, 2.45) is 5.73 Å². The number of hydrogen-bond acceptors (Lipinski definition) is 3. The number of nitrogens with two attached hydrogens (primary N) is 1. The van der Waals surface area contributed by atoms with Crippen LogP contribution in [0, 0.1) is 0 Å². The quantitative estimate of drug-likeness (QED) is 0.693. The minimum atomic E-state index is -0.249. The largest absolute Gasteiger partial charge is 0.375 e. The first-order chi connectivity index (χ1) is 6.47. The Morgan fingerprint density at radius 1 is 1.50 bits per heavy atom. The van der Waals surface area contributed by atoms with Gasteiger partial charge in [0, 0.05) is 12.0 Å². The second-order valence-electron chi connectivity index (χ2n) is 4.34. The Hall–Kier alpha value is -0.610. The number of primary amides is 1. The van der Waals surface area contributed by atoms with E-state index in [0.29, 0.717) is 6.42 Å². The Kier molecular flexibility index (Phi) is 3.50. The van der Waals surface area contributed by atoms with Crippen molar-refractivity contribution in [2.75, 3.05) is 7.05 Å². The van der Waals surface area contributed by atoms with Crippen LogP contribution in [0.4, 0.5) is 0 Å². The third-order valence-corrected chi connectivity index (χ3v) is 2.86. The van der Waals surface area contributed by atoms with Gasteiger partial charge in [0.1, 0.15) is 0 Å². The van der Waals surface area contributed by atoms with Crippen molar-refractivity contribution in [1.82, 2.24) is 5.32 Å². The minimum Gasteiger partial charge on any atom is -0.375 e. The van der Waals surface area contributed by atoms with Crippen LogP contribution in [0.2, 0.25) is 0 Å². The number of carbonyl (C=O) groups is 1. The van der Waals surface area contributed by atoms with E-state index >= 15 is 0 Å². The fourth-order valence-electron chi connectivity index (χ4n) is 2.45. The summed E-state index contributed by atoms with van der Waals surface area (Å²) in [6.07, 6.45) is 2.45. The first-order valence-electron chi connectivity index (χ1n) is 5.10. The molecule has 0 aromatic rings. The van der Waals surface area contributed by atoms with Crippen LogP contribution in [0.3, 0.4) is 0 Å². The van der Waals surface area contributed by atoms with Crippen LogP contribution in [0.5, 0.6) is 0 Å². The second-order valence-corrected chi connectivity index (χ2v) is 4.34. The summed E-state index contributed by atoms with van der Waals surface area (Å²) >= 11 is 0. The molecule has 0 aromatic carbocycles. The summed E-state index contributed by atoms with van der Waals surface area (Å²) in [5, 5.41) is 3.23. The molecule has 0 aromatic heterocycles. The zero-order valence-electron chi connectivity index (χ0n) is 9.17. The van der Waals surface area contributed by atoms with Gasteiger partial charge in [-0.3, -0.25) is 4.79 Å². The SMILES string of the molecule is CNC1(CC(N)=O)CC(C)OC(C)C1. The van der Waals surface area contributed by atoms with Crippen molar-refractivity contribution in [2.45, 2.75) is 50.9 Å². The molecule has 1 aliphatic rings. The van der Waals surface area contributed by atoms with Crippen molar-refractivity contribution in [3.63, 3.8) is 0 Å². The zero-order chi connectivity index (χ0) is 10.8. The van der Waals surface area contributed by atoms with E-state index in [9.17, 15) is 4.79 Å². The summed E-state index contributed by atoms with van der Waals surface area (Å²) in [5.41, 5.74) is 5.09. The van der Waals surface area contributed by atoms with E-state index in [0.717, 1.165) is 12.8 Å². The van der Waals surface area contributed by atoms with E-state index in [1.807, 2.05) is 20.9 Å². The van der Waals surface area contributed by atoms with E-state index < -0.39 is 0 Å². The molecule has 0 spiro atoms. The van der Waals surface area contributed by atoms with E-state index in [1.54, 1.807) is 0 Å². The van der Waals surface area contributed by atoms with E-state index in [-0.39, 0.29) is 23.7 Å². The van der Waals surface area contributed by atoms with Crippen molar-refractivity contribution in [1.29, 1.82) is 0 Å². The Balaban J connectivity index is 2.71. The van der Waals surface area contributed by atoms with Gasteiger partial charge in [0.2, 0.25) is 5.91 Å². The molecular weight excluding hydrogens is 180 g/mol. The number of ether oxygens (including phenoxy) is 1. The van der Waals surface area contributed by atoms with E-state index in [2.05, 4.69) is 5.32 Å². The van der Waals surface area contributed by atoms with Crippen molar-refractivity contribution in [3.8, 4) is 0 Å². The average molecular weight is 200 g/mol. The van der Waals surface area contributed by atoms with E-state index in [4.69, 9.17) is 10.5 Å². The molecule has 1 heterocycles. The van der Waals surface area contributed by atoms with E-state index in [1.165, 1.54) is 0 Å². The fraction of sp³-hybridized carbons (Fsp3) is 0.900. The lowest BCUT2D eigenvalue weighted by molar-refractivity contribution is -0.122. The molecular formula is C10H20N2O2. The summed E-state index contributed by atoms with van der Waals surface area (Å²) in [6.45, 7) is 4.06. The topological polar surface area (TPSA) is 64.3 Å². The van der Waals surface area contributed by atoms with Gasteiger partial charge in [-0.15, -0.1) is 0 Å². The molecule has 0 aliphatic carbocycles. The lowest BCUT2D eigenvalue weighted by atomic mass is 9.81. The highest BCUT2D eigenvalue weighted by Gasteiger charge is 2.38. The number of amides is 1. The van der Waals surface area contributed by atoms with Crippen LogP contribution >= 0.6 is 0 Å². The van der Waals surface area contributed by atoms with Gasteiger partial charge in [-0.2, -0.15) is 0 Å². The molecule has 14 heavy (non-hydrogen) atoms. The number of rotatable bonds is 3. The highest BCUT2D eigenvalue weighted by Crippen LogP contribution is 2.30. The molecule has 4 heteroatoms. The Labute approximate surface area is 85.2 Å². The van der Waals surface area contributed by atoms with Crippen LogP contribution in [0.1, 0.15) is 33.1 Å². The van der Waals surface area contributed by atoms with Crippen molar-refractivity contribution < 1.29 is 9.53 Å². The summed E-state index contributed by atoms with van der Waals surface area (Å²) in [6, 6.07) is 0. The molecule has 1 fully saturated rings. The third-order valence-electron chi connectivity index (χ3n) is 2.86. The van der Waals surface area contributed by atoms with Crippen LogP contribution < -0.4 is 11.1 Å². The summed E-state index contributed by atoms with van der Waals surface area (Å²) in [5.74, 6) is -0.249. The Bertz CT molecular complexity index is 208. The molecule has 3 N–H and O–H groups in total. The average Bonchev–Trinajstić information content (AvgIpc) is 2.00. The minimum absolute atomic E-state index is 0.164. The second kappa shape index (κ2) is 4.28. The molecule has 2 unspecified atom stereocenters. The highest BCUT2D eigenvalue weighted by atomic mass is 16.5. The molecule has 0 bridgehead atoms. The predicted molar refractivity (Wildman–Crippen MR) is 54.8 cm³/mol. The molecule has 82 valence electrons. The molecule has 0 radical (unpaired) electrons.